The summed E-state index contributed by atoms with van der Waals surface area (Å²) in [4.78, 5) is 27.4. The van der Waals surface area contributed by atoms with Gasteiger partial charge in [-0.15, -0.1) is 0 Å². The second-order valence-corrected chi connectivity index (χ2v) is 9.61. The van der Waals surface area contributed by atoms with E-state index in [-0.39, 0.29) is 18.2 Å². The molecule has 0 spiro atoms. The van der Waals surface area contributed by atoms with E-state index in [2.05, 4.69) is 5.32 Å². The Morgan fingerprint density at radius 3 is 2.50 bits per heavy atom. The van der Waals surface area contributed by atoms with E-state index >= 15 is 0 Å². The van der Waals surface area contributed by atoms with Gasteiger partial charge in [0.15, 0.2) is 0 Å². The van der Waals surface area contributed by atoms with Gasteiger partial charge >= 0.3 is 0 Å². The van der Waals surface area contributed by atoms with Crippen LogP contribution >= 0.6 is 24.0 Å². The SMILES string of the molecule is CCOc1ccc(NC(=O)CCCN2C(=O)/C(=C/c3cccc(Oc4ccccc4)c3)SC2=S)cc1. The van der Waals surface area contributed by atoms with Crippen LogP contribution in [0, 0.1) is 0 Å². The number of amides is 2. The molecule has 0 aliphatic carbocycles. The molecule has 6 nitrogen and oxygen atoms in total. The highest BCUT2D eigenvalue weighted by Crippen LogP contribution is 2.33. The van der Waals surface area contributed by atoms with Gasteiger partial charge in [0.1, 0.15) is 21.6 Å². The largest absolute Gasteiger partial charge is 0.494 e. The summed E-state index contributed by atoms with van der Waals surface area (Å²) >= 11 is 6.70. The maximum Gasteiger partial charge on any atom is 0.266 e. The van der Waals surface area contributed by atoms with E-state index in [1.165, 1.54) is 11.8 Å². The molecule has 4 rings (SSSR count). The van der Waals surface area contributed by atoms with Gasteiger partial charge < -0.3 is 14.8 Å². The monoisotopic (exact) mass is 518 g/mol. The molecule has 0 bridgehead atoms. The average molecular weight is 519 g/mol. The zero-order valence-electron chi connectivity index (χ0n) is 19.8. The van der Waals surface area contributed by atoms with E-state index in [4.69, 9.17) is 21.7 Å². The van der Waals surface area contributed by atoms with E-state index in [1.54, 1.807) is 17.0 Å². The van der Waals surface area contributed by atoms with Gasteiger partial charge in [0.2, 0.25) is 5.91 Å². The molecule has 1 fully saturated rings. The minimum absolute atomic E-state index is 0.115. The molecule has 1 aliphatic heterocycles. The highest BCUT2D eigenvalue weighted by Gasteiger charge is 2.31. The minimum atomic E-state index is -0.147. The number of benzene rings is 3. The Kier molecular flexibility index (Phi) is 8.76. The lowest BCUT2D eigenvalue weighted by atomic mass is 10.2. The second-order valence-electron chi connectivity index (χ2n) is 7.93. The van der Waals surface area contributed by atoms with Crippen LogP contribution in [-0.2, 0) is 9.59 Å². The molecular weight excluding hydrogens is 492 g/mol. The number of carbonyl (C=O) groups excluding carboxylic acids is 2. The predicted octanol–water partition coefficient (Wildman–Crippen LogP) is 6.50. The molecule has 1 N–H and O–H groups in total. The summed E-state index contributed by atoms with van der Waals surface area (Å²) in [7, 11) is 0. The molecule has 8 heteroatoms. The van der Waals surface area contributed by atoms with Crippen molar-refractivity contribution in [3.8, 4) is 17.2 Å². The van der Waals surface area contributed by atoms with Crippen molar-refractivity contribution < 1.29 is 19.1 Å². The lowest BCUT2D eigenvalue weighted by Crippen LogP contribution is -2.29. The number of nitrogens with zero attached hydrogens (tertiary/aromatic N) is 1. The van der Waals surface area contributed by atoms with Gasteiger partial charge in [0.05, 0.1) is 11.5 Å². The third-order valence-electron chi connectivity index (χ3n) is 5.24. The van der Waals surface area contributed by atoms with E-state index in [9.17, 15) is 9.59 Å². The molecule has 0 radical (unpaired) electrons. The number of para-hydroxylation sites is 1. The third-order valence-corrected chi connectivity index (χ3v) is 6.62. The first kappa shape index (κ1) is 25.5. The van der Waals surface area contributed by atoms with Gasteiger partial charge in [-0.3, -0.25) is 14.5 Å². The molecule has 36 heavy (non-hydrogen) atoms. The Labute approximate surface area is 220 Å². The molecule has 0 saturated carbocycles. The normalized spacial score (nSPS) is 14.2. The summed E-state index contributed by atoms with van der Waals surface area (Å²) in [5, 5.41) is 2.86. The van der Waals surface area contributed by atoms with Crippen molar-refractivity contribution in [1.82, 2.24) is 4.90 Å². The van der Waals surface area contributed by atoms with Crippen LogP contribution in [0.3, 0.4) is 0 Å². The Morgan fingerprint density at radius 2 is 1.75 bits per heavy atom. The van der Waals surface area contributed by atoms with Gasteiger partial charge in [-0.05, 0) is 73.5 Å². The Bertz CT molecular complexity index is 1260. The van der Waals surface area contributed by atoms with Crippen molar-refractivity contribution in [2.24, 2.45) is 0 Å². The molecule has 2 amide bonds. The number of anilines is 1. The van der Waals surface area contributed by atoms with Crippen LogP contribution in [-0.4, -0.2) is 34.2 Å². The Hall–Kier alpha value is -3.62. The molecule has 0 aromatic heterocycles. The molecule has 184 valence electrons. The summed E-state index contributed by atoms with van der Waals surface area (Å²) < 4.78 is 11.8. The van der Waals surface area contributed by atoms with Crippen LogP contribution in [0.1, 0.15) is 25.3 Å². The van der Waals surface area contributed by atoms with E-state index < -0.39 is 0 Å². The molecule has 3 aromatic carbocycles. The van der Waals surface area contributed by atoms with E-state index in [0.717, 1.165) is 17.1 Å². The number of hydrogen-bond acceptors (Lipinski definition) is 6. The molecule has 3 aromatic rings. The summed E-state index contributed by atoms with van der Waals surface area (Å²) in [6, 6.07) is 24.3. The van der Waals surface area contributed by atoms with Crippen molar-refractivity contribution in [2.45, 2.75) is 19.8 Å². The van der Waals surface area contributed by atoms with Gasteiger partial charge in [0.25, 0.3) is 5.91 Å². The first-order chi connectivity index (χ1) is 17.5. The molecule has 0 unspecified atom stereocenters. The standard InChI is InChI=1S/C28H26N2O4S2/c1-2-33-22-15-13-21(14-16-22)29-26(31)12-7-17-30-27(32)25(36-28(30)35)19-20-8-6-11-24(18-20)34-23-9-4-3-5-10-23/h3-6,8-11,13-16,18-19H,2,7,12,17H2,1H3,(H,29,31)/b25-19-. The number of nitrogens with one attached hydrogen (secondary N) is 1. The van der Waals surface area contributed by atoms with Crippen LogP contribution in [0.2, 0.25) is 0 Å². The predicted molar refractivity (Wildman–Crippen MR) is 148 cm³/mol. The van der Waals surface area contributed by atoms with Gasteiger partial charge in [0, 0.05) is 18.7 Å². The summed E-state index contributed by atoms with van der Waals surface area (Å²) in [6.07, 6.45) is 2.60. The lowest BCUT2D eigenvalue weighted by molar-refractivity contribution is -0.122. The minimum Gasteiger partial charge on any atom is -0.494 e. The van der Waals surface area contributed by atoms with Crippen molar-refractivity contribution in [3.05, 3.63) is 89.3 Å². The second kappa shape index (κ2) is 12.4. The highest BCUT2D eigenvalue weighted by atomic mass is 32.2. The van der Waals surface area contributed by atoms with Crippen molar-refractivity contribution in [2.75, 3.05) is 18.5 Å². The summed E-state index contributed by atoms with van der Waals surface area (Å²) in [6.45, 7) is 2.90. The maximum absolute atomic E-state index is 13.0. The highest BCUT2D eigenvalue weighted by molar-refractivity contribution is 8.26. The number of ether oxygens (including phenoxy) is 2. The summed E-state index contributed by atoms with van der Waals surface area (Å²) in [5.41, 5.74) is 1.55. The average Bonchev–Trinajstić information content (AvgIpc) is 3.13. The molecule has 0 atom stereocenters. The van der Waals surface area contributed by atoms with Crippen LogP contribution < -0.4 is 14.8 Å². The van der Waals surface area contributed by atoms with Crippen molar-refractivity contribution >= 4 is 51.9 Å². The summed E-state index contributed by atoms with van der Waals surface area (Å²) in [5.74, 6) is 1.92. The number of carbonyl (C=O) groups is 2. The zero-order valence-corrected chi connectivity index (χ0v) is 21.4. The Balaban J connectivity index is 1.30. The number of hydrogen-bond donors (Lipinski definition) is 1. The van der Waals surface area contributed by atoms with Crippen LogP contribution in [0.15, 0.2) is 83.8 Å². The number of thioether (sulfide) groups is 1. The van der Waals surface area contributed by atoms with Crippen molar-refractivity contribution in [1.29, 1.82) is 0 Å². The molecule has 1 heterocycles. The zero-order chi connectivity index (χ0) is 25.3. The first-order valence-corrected chi connectivity index (χ1v) is 12.9. The Morgan fingerprint density at radius 1 is 1.00 bits per heavy atom. The van der Waals surface area contributed by atoms with Crippen molar-refractivity contribution in [3.63, 3.8) is 0 Å². The smallest absolute Gasteiger partial charge is 0.266 e. The fourth-order valence-corrected chi connectivity index (χ4v) is 4.87. The molecular formula is C28H26N2O4S2. The number of thiocarbonyl (C=S) groups is 1. The third kappa shape index (κ3) is 6.96. The van der Waals surface area contributed by atoms with E-state index in [0.29, 0.717) is 40.2 Å². The molecule has 1 aliphatic rings. The van der Waals surface area contributed by atoms with Gasteiger partial charge in [-0.2, -0.15) is 0 Å². The van der Waals surface area contributed by atoms with Crippen LogP contribution in [0.25, 0.3) is 6.08 Å². The lowest BCUT2D eigenvalue weighted by Gasteiger charge is -2.14. The molecule has 1 saturated heterocycles. The topological polar surface area (TPSA) is 67.9 Å². The van der Waals surface area contributed by atoms with Gasteiger partial charge in [-0.25, -0.2) is 0 Å². The first-order valence-electron chi connectivity index (χ1n) is 11.6. The van der Waals surface area contributed by atoms with Crippen LogP contribution in [0.5, 0.6) is 17.2 Å². The number of rotatable bonds is 10. The van der Waals surface area contributed by atoms with Gasteiger partial charge in [-0.1, -0.05) is 54.3 Å². The quantitative estimate of drug-likeness (QED) is 0.244. The van der Waals surface area contributed by atoms with E-state index in [1.807, 2.05) is 79.7 Å². The fourth-order valence-electron chi connectivity index (χ4n) is 3.56. The fraction of sp³-hybridized carbons (Fsp3) is 0.179. The maximum atomic E-state index is 13.0. The van der Waals surface area contributed by atoms with Crippen LogP contribution in [0.4, 0.5) is 5.69 Å².